The molecule has 0 bridgehead atoms. The molecule has 8 heteroatoms. The van der Waals surface area contributed by atoms with E-state index < -0.39 is 5.97 Å². The normalized spacial score (nSPS) is 10.3. The molecular weight excluding hydrogens is 280 g/mol. The Hall–Kier alpha value is -2.22. The Morgan fingerprint density at radius 2 is 2.30 bits per heavy atom. The molecule has 106 valence electrons. The quantitative estimate of drug-likeness (QED) is 0.623. The molecule has 0 aliphatic carbocycles. The van der Waals surface area contributed by atoms with Gasteiger partial charge in [0.25, 0.3) is 0 Å². The first kappa shape index (κ1) is 14.2. The predicted octanol–water partition coefficient (Wildman–Crippen LogP) is 1.86. The van der Waals surface area contributed by atoms with Crippen LogP contribution in [0.15, 0.2) is 12.4 Å². The number of carbonyl (C=O) groups excluding carboxylic acids is 2. The molecule has 0 fully saturated rings. The third-order valence-electron chi connectivity index (χ3n) is 2.41. The average Bonchev–Trinajstić information content (AvgIpc) is 3.06. The number of Topliss-reactive ketones (excluding diaryl/α,β-unsaturated/α-hetero) is 1. The molecule has 0 aliphatic heterocycles. The van der Waals surface area contributed by atoms with Crippen molar-refractivity contribution in [1.29, 1.82) is 0 Å². The van der Waals surface area contributed by atoms with E-state index in [-0.39, 0.29) is 18.1 Å². The van der Waals surface area contributed by atoms with Crippen LogP contribution in [0.4, 0.5) is 5.13 Å². The Morgan fingerprint density at radius 3 is 2.90 bits per heavy atom. The standard InChI is InChI=1S/C12H14N4O3S/c1-3-19-11(18)9-10(7(2)17)20-12(16-9)13-4-8-5-14-15-6-8/h5-6H,3-4H2,1-2H3,(H,13,16)(H,14,15). The van der Waals surface area contributed by atoms with Crippen molar-refractivity contribution in [3.05, 3.63) is 28.5 Å². The number of rotatable bonds is 6. The molecular formula is C12H14N4O3S. The second kappa shape index (κ2) is 6.29. The SMILES string of the molecule is CCOC(=O)c1nc(NCc2cn[nH]c2)sc1C(C)=O. The summed E-state index contributed by atoms with van der Waals surface area (Å²) in [6.45, 7) is 3.85. The van der Waals surface area contributed by atoms with Crippen LogP contribution in [0, 0.1) is 0 Å². The van der Waals surface area contributed by atoms with E-state index >= 15 is 0 Å². The number of nitrogens with one attached hydrogen (secondary N) is 2. The molecule has 0 saturated heterocycles. The fourth-order valence-electron chi connectivity index (χ4n) is 1.52. The van der Waals surface area contributed by atoms with Crippen LogP contribution < -0.4 is 5.32 Å². The number of carbonyl (C=O) groups is 2. The molecule has 0 unspecified atom stereocenters. The summed E-state index contributed by atoms with van der Waals surface area (Å²) in [7, 11) is 0. The highest BCUT2D eigenvalue weighted by Crippen LogP contribution is 2.24. The number of hydrogen-bond acceptors (Lipinski definition) is 7. The van der Waals surface area contributed by atoms with Gasteiger partial charge in [-0.25, -0.2) is 9.78 Å². The van der Waals surface area contributed by atoms with Crippen LogP contribution in [0.25, 0.3) is 0 Å². The van der Waals surface area contributed by atoms with E-state index in [1.807, 2.05) is 0 Å². The van der Waals surface area contributed by atoms with Gasteiger partial charge >= 0.3 is 5.97 Å². The molecule has 2 aromatic rings. The van der Waals surface area contributed by atoms with E-state index in [2.05, 4.69) is 20.5 Å². The topological polar surface area (TPSA) is 97.0 Å². The molecule has 0 amide bonds. The van der Waals surface area contributed by atoms with Gasteiger partial charge in [-0.2, -0.15) is 5.10 Å². The molecule has 20 heavy (non-hydrogen) atoms. The van der Waals surface area contributed by atoms with Crippen molar-refractivity contribution < 1.29 is 14.3 Å². The lowest BCUT2D eigenvalue weighted by Gasteiger charge is -1.99. The second-order valence-electron chi connectivity index (χ2n) is 3.93. The Balaban J connectivity index is 2.16. The molecule has 0 atom stereocenters. The largest absolute Gasteiger partial charge is 0.461 e. The summed E-state index contributed by atoms with van der Waals surface area (Å²) in [4.78, 5) is 27.7. The van der Waals surface area contributed by atoms with Crippen LogP contribution in [0.1, 0.15) is 39.6 Å². The summed E-state index contributed by atoms with van der Waals surface area (Å²) >= 11 is 1.14. The van der Waals surface area contributed by atoms with Gasteiger partial charge in [0, 0.05) is 25.2 Å². The number of ketones is 1. The molecule has 2 rings (SSSR count). The number of hydrogen-bond donors (Lipinski definition) is 2. The van der Waals surface area contributed by atoms with Crippen molar-refractivity contribution in [3.63, 3.8) is 0 Å². The van der Waals surface area contributed by atoms with Gasteiger partial charge < -0.3 is 10.1 Å². The zero-order valence-corrected chi connectivity index (χ0v) is 11.9. The minimum absolute atomic E-state index is 0.0686. The second-order valence-corrected chi connectivity index (χ2v) is 4.93. The molecule has 0 saturated carbocycles. The van der Waals surface area contributed by atoms with Crippen LogP contribution in [0.3, 0.4) is 0 Å². The van der Waals surface area contributed by atoms with E-state index in [0.717, 1.165) is 16.9 Å². The molecule has 2 aromatic heterocycles. The predicted molar refractivity (Wildman–Crippen MR) is 74.0 cm³/mol. The number of esters is 1. The highest BCUT2D eigenvalue weighted by atomic mass is 32.1. The van der Waals surface area contributed by atoms with Crippen molar-refractivity contribution >= 4 is 28.2 Å². The summed E-state index contributed by atoms with van der Waals surface area (Å²) in [6, 6.07) is 0. The molecule has 7 nitrogen and oxygen atoms in total. The van der Waals surface area contributed by atoms with Crippen LogP contribution in [-0.4, -0.2) is 33.5 Å². The molecule has 0 aliphatic rings. The first-order valence-electron chi connectivity index (χ1n) is 6.02. The first-order chi connectivity index (χ1) is 9.61. The Morgan fingerprint density at radius 1 is 1.50 bits per heavy atom. The lowest BCUT2D eigenvalue weighted by molar-refractivity contribution is 0.0517. The maximum Gasteiger partial charge on any atom is 0.358 e. The highest BCUT2D eigenvalue weighted by Gasteiger charge is 2.22. The average molecular weight is 294 g/mol. The van der Waals surface area contributed by atoms with E-state index in [1.54, 1.807) is 19.3 Å². The summed E-state index contributed by atoms with van der Waals surface area (Å²) in [5.41, 5.74) is 1.02. The van der Waals surface area contributed by atoms with Gasteiger partial charge in [-0.3, -0.25) is 9.89 Å². The maximum atomic E-state index is 11.7. The zero-order valence-electron chi connectivity index (χ0n) is 11.1. The first-order valence-corrected chi connectivity index (χ1v) is 6.84. The van der Waals surface area contributed by atoms with Gasteiger partial charge in [0.15, 0.2) is 16.6 Å². The third kappa shape index (κ3) is 3.21. The van der Waals surface area contributed by atoms with Crippen molar-refractivity contribution in [2.45, 2.75) is 20.4 Å². The molecule has 0 radical (unpaired) electrons. The monoisotopic (exact) mass is 294 g/mol. The third-order valence-corrected chi connectivity index (χ3v) is 3.53. The summed E-state index contributed by atoms with van der Waals surface area (Å²) < 4.78 is 4.89. The van der Waals surface area contributed by atoms with Gasteiger partial charge in [0.1, 0.15) is 4.88 Å². The van der Waals surface area contributed by atoms with E-state index in [4.69, 9.17) is 4.74 Å². The minimum atomic E-state index is -0.578. The smallest absolute Gasteiger partial charge is 0.358 e. The van der Waals surface area contributed by atoms with E-state index in [9.17, 15) is 9.59 Å². The minimum Gasteiger partial charge on any atom is -0.461 e. The molecule has 2 N–H and O–H groups in total. The number of thiazole rings is 1. The highest BCUT2D eigenvalue weighted by molar-refractivity contribution is 7.17. The molecule has 0 aromatic carbocycles. The van der Waals surface area contributed by atoms with Gasteiger partial charge in [0.2, 0.25) is 0 Å². The number of anilines is 1. The fraction of sp³-hybridized carbons (Fsp3) is 0.333. The number of H-pyrrole nitrogens is 1. The Kier molecular flexibility index (Phi) is 4.46. The van der Waals surface area contributed by atoms with E-state index in [1.165, 1.54) is 6.92 Å². The number of ether oxygens (including phenoxy) is 1. The van der Waals surface area contributed by atoms with Crippen molar-refractivity contribution in [3.8, 4) is 0 Å². The molecule has 2 heterocycles. The van der Waals surface area contributed by atoms with Crippen LogP contribution in [0.2, 0.25) is 0 Å². The maximum absolute atomic E-state index is 11.7. The number of aromatic amines is 1. The van der Waals surface area contributed by atoms with Gasteiger partial charge in [0.05, 0.1) is 12.8 Å². The fourth-order valence-corrected chi connectivity index (χ4v) is 2.37. The number of nitrogens with zero attached hydrogens (tertiary/aromatic N) is 2. The lowest BCUT2D eigenvalue weighted by atomic mass is 10.3. The van der Waals surface area contributed by atoms with Gasteiger partial charge in [-0.05, 0) is 6.92 Å². The molecule has 0 spiro atoms. The zero-order chi connectivity index (χ0) is 14.5. The number of aromatic nitrogens is 3. The summed E-state index contributed by atoms with van der Waals surface area (Å²) in [5, 5.41) is 10.1. The van der Waals surface area contributed by atoms with Gasteiger partial charge in [-0.1, -0.05) is 11.3 Å². The summed E-state index contributed by atoms with van der Waals surface area (Å²) in [6.07, 6.45) is 3.43. The Bertz CT molecular complexity index is 606. The van der Waals surface area contributed by atoms with Crippen molar-refractivity contribution in [1.82, 2.24) is 15.2 Å². The van der Waals surface area contributed by atoms with Crippen molar-refractivity contribution in [2.75, 3.05) is 11.9 Å². The lowest BCUT2D eigenvalue weighted by Crippen LogP contribution is -2.09. The Labute approximate surface area is 119 Å². The summed E-state index contributed by atoms with van der Waals surface area (Å²) in [5.74, 6) is -0.785. The van der Waals surface area contributed by atoms with Crippen LogP contribution in [0.5, 0.6) is 0 Å². The van der Waals surface area contributed by atoms with Gasteiger partial charge in [-0.15, -0.1) is 0 Å². The van der Waals surface area contributed by atoms with Crippen LogP contribution >= 0.6 is 11.3 Å². The van der Waals surface area contributed by atoms with Crippen LogP contribution in [-0.2, 0) is 11.3 Å². The van der Waals surface area contributed by atoms with Crippen molar-refractivity contribution in [2.24, 2.45) is 0 Å². The van der Waals surface area contributed by atoms with E-state index in [0.29, 0.717) is 16.6 Å².